The highest BCUT2D eigenvalue weighted by Crippen LogP contribution is 2.41. The molecule has 0 aliphatic heterocycles. The van der Waals surface area contributed by atoms with E-state index in [-0.39, 0.29) is 11.9 Å². The summed E-state index contributed by atoms with van der Waals surface area (Å²) in [7, 11) is 0. The third-order valence-electron chi connectivity index (χ3n) is 5.08. The Balaban J connectivity index is 1.50. The SMILES string of the molecule is CC(C)N(Cc1ccccc1)C(=O)CSc1nnc(C2CC2)n1-c1ccccc1. The van der Waals surface area contributed by atoms with Gasteiger partial charge in [-0.05, 0) is 44.4 Å². The number of hydrogen-bond donors (Lipinski definition) is 0. The minimum Gasteiger partial charge on any atom is -0.335 e. The van der Waals surface area contributed by atoms with E-state index in [1.165, 1.54) is 11.8 Å². The second-order valence-electron chi connectivity index (χ2n) is 7.68. The lowest BCUT2D eigenvalue weighted by Gasteiger charge is -2.27. The molecule has 1 saturated carbocycles. The highest BCUT2D eigenvalue weighted by molar-refractivity contribution is 7.99. The van der Waals surface area contributed by atoms with Crippen LogP contribution >= 0.6 is 11.8 Å². The van der Waals surface area contributed by atoms with E-state index < -0.39 is 0 Å². The van der Waals surface area contributed by atoms with E-state index in [0.717, 1.165) is 35.1 Å². The van der Waals surface area contributed by atoms with Crippen LogP contribution in [0, 0.1) is 0 Å². The van der Waals surface area contributed by atoms with Crippen LogP contribution in [0.2, 0.25) is 0 Å². The molecule has 29 heavy (non-hydrogen) atoms. The van der Waals surface area contributed by atoms with Gasteiger partial charge >= 0.3 is 0 Å². The summed E-state index contributed by atoms with van der Waals surface area (Å²) in [5.41, 5.74) is 2.20. The first-order chi connectivity index (χ1) is 14.1. The maximum absolute atomic E-state index is 13.0. The Morgan fingerprint density at radius 1 is 1.07 bits per heavy atom. The average Bonchev–Trinajstić information content (AvgIpc) is 3.50. The summed E-state index contributed by atoms with van der Waals surface area (Å²) in [6, 6.07) is 20.4. The summed E-state index contributed by atoms with van der Waals surface area (Å²) < 4.78 is 2.12. The Bertz CT molecular complexity index is 952. The van der Waals surface area contributed by atoms with Crippen molar-refractivity contribution in [2.24, 2.45) is 0 Å². The molecule has 4 rings (SSSR count). The zero-order valence-electron chi connectivity index (χ0n) is 16.9. The normalized spacial score (nSPS) is 13.6. The fraction of sp³-hybridized carbons (Fsp3) is 0.348. The van der Waals surface area contributed by atoms with E-state index in [0.29, 0.717) is 18.2 Å². The molecule has 3 aromatic rings. The molecule has 0 spiro atoms. The number of carbonyl (C=O) groups excluding carboxylic acids is 1. The standard InChI is InChI=1S/C23H26N4OS/c1-17(2)26(15-18-9-5-3-6-10-18)21(28)16-29-23-25-24-22(19-13-14-19)27(23)20-11-7-4-8-12-20/h3-12,17,19H,13-16H2,1-2H3. The molecule has 1 amide bonds. The largest absolute Gasteiger partial charge is 0.335 e. The van der Waals surface area contributed by atoms with E-state index in [4.69, 9.17) is 0 Å². The van der Waals surface area contributed by atoms with Crippen LogP contribution < -0.4 is 0 Å². The van der Waals surface area contributed by atoms with Gasteiger partial charge in [0.1, 0.15) is 5.82 Å². The molecule has 0 radical (unpaired) electrons. The molecule has 0 unspecified atom stereocenters. The summed E-state index contributed by atoms with van der Waals surface area (Å²) in [6.45, 7) is 4.74. The van der Waals surface area contributed by atoms with Crippen LogP contribution in [0.5, 0.6) is 0 Å². The van der Waals surface area contributed by atoms with Crippen LogP contribution in [0.3, 0.4) is 0 Å². The Labute approximate surface area is 176 Å². The van der Waals surface area contributed by atoms with Gasteiger partial charge in [-0.2, -0.15) is 0 Å². The van der Waals surface area contributed by atoms with Crippen LogP contribution in [-0.4, -0.2) is 37.4 Å². The number of benzene rings is 2. The van der Waals surface area contributed by atoms with E-state index in [1.54, 1.807) is 0 Å². The first kappa shape index (κ1) is 19.7. The Hall–Kier alpha value is -2.60. The highest BCUT2D eigenvalue weighted by atomic mass is 32.2. The summed E-state index contributed by atoms with van der Waals surface area (Å²) >= 11 is 1.47. The van der Waals surface area contributed by atoms with Gasteiger partial charge in [0.25, 0.3) is 0 Å². The van der Waals surface area contributed by atoms with Gasteiger partial charge < -0.3 is 4.90 Å². The zero-order chi connectivity index (χ0) is 20.2. The molecule has 1 aromatic heterocycles. The predicted molar refractivity (Wildman–Crippen MR) is 116 cm³/mol. The number of carbonyl (C=O) groups is 1. The van der Waals surface area contributed by atoms with Crippen molar-refractivity contribution in [2.75, 3.05) is 5.75 Å². The molecular formula is C23H26N4OS. The lowest BCUT2D eigenvalue weighted by atomic mass is 10.2. The van der Waals surface area contributed by atoms with Crippen molar-refractivity contribution in [3.8, 4) is 5.69 Å². The van der Waals surface area contributed by atoms with Crippen molar-refractivity contribution in [1.82, 2.24) is 19.7 Å². The van der Waals surface area contributed by atoms with E-state index in [1.807, 2.05) is 41.3 Å². The first-order valence-corrected chi connectivity index (χ1v) is 11.1. The number of thioether (sulfide) groups is 1. The van der Waals surface area contributed by atoms with Gasteiger partial charge in [0.05, 0.1) is 5.75 Å². The Morgan fingerprint density at radius 2 is 1.72 bits per heavy atom. The second-order valence-corrected chi connectivity index (χ2v) is 8.62. The second kappa shape index (κ2) is 8.82. The number of para-hydroxylation sites is 1. The lowest BCUT2D eigenvalue weighted by molar-refractivity contribution is -0.130. The van der Waals surface area contributed by atoms with E-state index >= 15 is 0 Å². The van der Waals surface area contributed by atoms with Crippen LogP contribution in [0.1, 0.15) is 44.0 Å². The smallest absolute Gasteiger partial charge is 0.233 e. The van der Waals surface area contributed by atoms with Crippen molar-refractivity contribution in [3.63, 3.8) is 0 Å². The fourth-order valence-electron chi connectivity index (χ4n) is 3.35. The number of aromatic nitrogens is 3. The molecule has 0 atom stereocenters. The summed E-state index contributed by atoms with van der Waals surface area (Å²) in [5.74, 6) is 1.96. The van der Waals surface area contributed by atoms with Gasteiger partial charge in [-0.3, -0.25) is 9.36 Å². The minimum absolute atomic E-state index is 0.115. The van der Waals surface area contributed by atoms with Crippen LogP contribution in [0.15, 0.2) is 65.8 Å². The Kier molecular flexibility index (Phi) is 6.00. The summed E-state index contributed by atoms with van der Waals surface area (Å²) in [4.78, 5) is 14.9. The van der Waals surface area contributed by atoms with E-state index in [2.05, 4.69) is 52.9 Å². The molecule has 1 aliphatic rings. The quantitative estimate of drug-likeness (QED) is 0.510. The predicted octanol–water partition coefficient (Wildman–Crippen LogP) is 4.67. The maximum atomic E-state index is 13.0. The molecule has 1 aliphatic carbocycles. The monoisotopic (exact) mass is 406 g/mol. The third-order valence-corrected chi connectivity index (χ3v) is 5.99. The lowest BCUT2D eigenvalue weighted by Crippen LogP contribution is -2.37. The van der Waals surface area contributed by atoms with Crippen LogP contribution in [0.4, 0.5) is 0 Å². The van der Waals surface area contributed by atoms with Gasteiger partial charge in [-0.15, -0.1) is 10.2 Å². The minimum atomic E-state index is 0.115. The molecule has 0 N–H and O–H groups in total. The van der Waals surface area contributed by atoms with Crippen LogP contribution in [0.25, 0.3) is 5.69 Å². The van der Waals surface area contributed by atoms with Gasteiger partial charge in [0, 0.05) is 24.2 Å². The first-order valence-electron chi connectivity index (χ1n) is 10.1. The molecule has 6 heteroatoms. The maximum Gasteiger partial charge on any atom is 0.233 e. The van der Waals surface area contributed by atoms with Gasteiger partial charge in [-0.25, -0.2) is 0 Å². The molecule has 5 nitrogen and oxygen atoms in total. The summed E-state index contributed by atoms with van der Waals surface area (Å²) in [5, 5.41) is 9.65. The van der Waals surface area contributed by atoms with Gasteiger partial charge in [0.2, 0.25) is 5.91 Å². The molecule has 2 aromatic carbocycles. The molecule has 0 saturated heterocycles. The number of amides is 1. The van der Waals surface area contributed by atoms with Crippen LogP contribution in [-0.2, 0) is 11.3 Å². The third kappa shape index (κ3) is 4.70. The number of nitrogens with zero attached hydrogens (tertiary/aromatic N) is 4. The number of hydrogen-bond acceptors (Lipinski definition) is 4. The highest BCUT2D eigenvalue weighted by Gasteiger charge is 2.31. The van der Waals surface area contributed by atoms with Crippen molar-refractivity contribution >= 4 is 17.7 Å². The van der Waals surface area contributed by atoms with Crippen molar-refractivity contribution in [1.29, 1.82) is 0 Å². The van der Waals surface area contributed by atoms with Gasteiger partial charge in [-0.1, -0.05) is 60.3 Å². The zero-order valence-corrected chi connectivity index (χ0v) is 17.7. The number of rotatable bonds is 8. The molecule has 1 fully saturated rings. The molecule has 150 valence electrons. The van der Waals surface area contributed by atoms with Crippen molar-refractivity contribution in [2.45, 2.75) is 50.4 Å². The molecule has 0 bridgehead atoms. The van der Waals surface area contributed by atoms with Crippen molar-refractivity contribution < 1.29 is 4.79 Å². The molecular weight excluding hydrogens is 380 g/mol. The van der Waals surface area contributed by atoms with E-state index in [9.17, 15) is 4.79 Å². The fourth-order valence-corrected chi connectivity index (χ4v) is 4.19. The van der Waals surface area contributed by atoms with Crippen molar-refractivity contribution in [3.05, 3.63) is 72.1 Å². The topological polar surface area (TPSA) is 51.0 Å². The average molecular weight is 407 g/mol. The summed E-state index contributed by atoms with van der Waals surface area (Å²) in [6.07, 6.45) is 2.32. The molecule has 1 heterocycles. The van der Waals surface area contributed by atoms with Gasteiger partial charge in [0.15, 0.2) is 5.16 Å². The Morgan fingerprint density at radius 3 is 2.34 bits per heavy atom.